The highest BCUT2D eigenvalue weighted by Gasteiger charge is 2.21. The number of Topliss-reactive ketones (excluding diaryl/α,β-unsaturated/α-hetero) is 1. The summed E-state index contributed by atoms with van der Waals surface area (Å²) in [6.07, 6.45) is 0. The Hall–Kier alpha value is -1.64. The van der Waals surface area contributed by atoms with Gasteiger partial charge in [0.25, 0.3) is 0 Å². The van der Waals surface area contributed by atoms with Crippen LogP contribution in [0.3, 0.4) is 0 Å². The van der Waals surface area contributed by atoms with E-state index in [1.165, 1.54) is 6.92 Å². The van der Waals surface area contributed by atoms with E-state index in [0.29, 0.717) is 11.3 Å². The number of amides is 1. The zero-order valence-electron chi connectivity index (χ0n) is 11.0. The molecule has 0 aliphatic heterocycles. The third kappa shape index (κ3) is 3.41. The van der Waals surface area contributed by atoms with Gasteiger partial charge in [0.2, 0.25) is 5.91 Å². The standard InChI is InChI=1S/C14H19NO2/c1-9-6-7-11(10(2)16)8-12(9)15-13(17)14(3,4)5/h6-8H,1-5H3,(H,15,17). The maximum Gasteiger partial charge on any atom is 0.229 e. The summed E-state index contributed by atoms with van der Waals surface area (Å²) in [5, 5.41) is 2.85. The van der Waals surface area contributed by atoms with E-state index >= 15 is 0 Å². The van der Waals surface area contributed by atoms with Gasteiger partial charge in [0, 0.05) is 16.7 Å². The van der Waals surface area contributed by atoms with Crippen molar-refractivity contribution in [3.05, 3.63) is 29.3 Å². The first-order valence-electron chi connectivity index (χ1n) is 5.65. The van der Waals surface area contributed by atoms with Crippen LogP contribution in [0.2, 0.25) is 0 Å². The van der Waals surface area contributed by atoms with Gasteiger partial charge in [-0.05, 0) is 25.5 Å². The first-order valence-corrected chi connectivity index (χ1v) is 5.65. The van der Waals surface area contributed by atoms with Crippen molar-refractivity contribution in [1.29, 1.82) is 0 Å². The van der Waals surface area contributed by atoms with Gasteiger partial charge in [0.15, 0.2) is 5.78 Å². The molecule has 1 rings (SSSR count). The van der Waals surface area contributed by atoms with Gasteiger partial charge < -0.3 is 5.32 Å². The van der Waals surface area contributed by atoms with Crippen LogP contribution in [0.4, 0.5) is 5.69 Å². The van der Waals surface area contributed by atoms with Gasteiger partial charge in [0.1, 0.15) is 0 Å². The van der Waals surface area contributed by atoms with E-state index in [4.69, 9.17) is 0 Å². The molecule has 0 bridgehead atoms. The van der Waals surface area contributed by atoms with Crippen molar-refractivity contribution in [2.45, 2.75) is 34.6 Å². The van der Waals surface area contributed by atoms with Crippen LogP contribution in [0.1, 0.15) is 43.6 Å². The summed E-state index contributed by atoms with van der Waals surface area (Å²) in [6, 6.07) is 5.33. The lowest BCUT2D eigenvalue weighted by atomic mass is 9.95. The summed E-state index contributed by atoms with van der Waals surface area (Å²) in [7, 11) is 0. The molecule has 0 aliphatic carbocycles. The molecule has 1 amide bonds. The van der Waals surface area contributed by atoms with Crippen LogP contribution >= 0.6 is 0 Å². The number of hydrogen-bond acceptors (Lipinski definition) is 2. The van der Waals surface area contributed by atoms with E-state index in [1.807, 2.05) is 33.8 Å². The Balaban J connectivity index is 3.02. The maximum absolute atomic E-state index is 11.9. The van der Waals surface area contributed by atoms with Gasteiger partial charge in [-0.1, -0.05) is 32.9 Å². The van der Waals surface area contributed by atoms with Crippen LogP contribution in [-0.2, 0) is 4.79 Å². The van der Waals surface area contributed by atoms with Crippen molar-refractivity contribution in [1.82, 2.24) is 0 Å². The number of benzene rings is 1. The Bertz CT molecular complexity index is 456. The highest BCUT2D eigenvalue weighted by molar-refractivity contribution is 5.98. The molecule has 0 heterocycles. The lowest BCUT2D eigenvalue weighted by molar-refractivity contribution is -0.123. The SMILES string of the molecule is CC(=O)c1ccc(C)c(NC(=O)C(C)(C)C)c1. The predicted molar refractivity (Wildman–Crippen MR) is 69.3 cm³/mol. The van der Waals surface area contributed by atoms with Crippen LogP contribution in [0.15, 0.2) is 18.2 Å². The smallest absolute Gasteiger partial charge is 0.229 e. The van der Waals surface area contributed by atoms with E-state index in [2.05, 4.69) is 5.32 Å². The number of anilines is 1. The number of rotatable bonds is 2. The Morgan fingerprint density at radius 1 is 1.18 bits per heavy atom. The normalized spacial score (nSPS) is 11.1. The van der Waals surface area contributed by atoms with Crippen LogP contribution in [0.25, 0.3) is 0 Å². The van der Waals surface area contributed by atoms with Crippen molar-refractivity contribution in [3.8, 4) is 0 Å². The number of nitrogens with one attached hydrogen (secondary N) is 1. The highest BCUT2D eigenvalue weighted by atomic mass is 16.2. The van der Waals surface area contributed by atoms with Gasteiger partial charge >= 0.3 is 0 Å². The molecule has 1 aromatic rings. The van der Waals surface area contributed by atoms with Crippen LogP contribution in [0, 0.1) is 12.3 Å². The first-order chi connectivity index (χ1) is 7.71. The minimum absolute atomic E-state index is 0.00347. The summed E-state index contributed by atoms with van der Waals surface area (Å²) in [4.78, 5) is 23.2. The zero-order valence-corrected chi connectivity index (χ0v) is 11.0. The molecule has 0 fully saturated rings. The second-order valence-electron chi connectivity index (χ2n) is 5.29. The van der Waals surface area contributed by atoms with E-state index < -0.39 is 5.41 Å². The third-order valence-electron chi connectivity index (χ3n) is 2.57. The number of hydrogen-bond donors (Lipinski definition) is 1. The lowest BCUT2D eigenvalue weighted by Crippen LogP contribution is -2.28. The minimum Gasteiger partial charge on any atom is -0.325 e. The number of ketones is 1. The van der Waals surface area contributed by atoms with E-state index in [9.17, 15) is 9.59 Å². The second kappa shape index (κ2) is 4.70. The summed E-state index contributed by atoms with van der Waals surface area (Å²) in [6.45, 7) is 8.98. The van der Waals surface area contributed by atoms with Crippen LogP contribution < -0.4 is 5.32 Å². The Morgan fingerprint density at radius 3 is 2.24 bits per heavy atom. The molecule has 3 nitrogen and oxygen atoms in total. The van der Waals surface area contributed by atoms with Crippen molar-refractivity contribution in [2.75, 3.05) is 5.32 Å². The second-order valence-corrected chi connectivity index (χ2v) is 5.29. The number of carbonyl (C=O) groups excluding carboxylic acids is 2. The molecule has 0 radical (unpaired) electrons. The van der Waals surface area contributed by atoms with Crippen molar-refractivity contribution < 1.29 is 9.59 Å². The molecule has 3 heteroatoms. The summed E-state index contributed by atoms with van der Waals surface area (Å²) in [5.41, 5.74) is 1.82. The van der Waals surface area contributed by atoms with Crippen molar-refractivity contribution in [2.24, 2.45) is 5.41 Å². The summed E-state index contributed by atoms with van der Waals surface area (Å²) < 4.78 is 0. The maximum atomic E-state index is 11.9. The molecular weight excluding hydrogens is 214 g/mol. The fourth-order valence-electron chi connectivity index (χ4n) is 1.29. The number of carbonyl (C=O) groups is 2. The molecule has 1 N–H and O–H groups in total. The lowest BCUT2D eigenvalue weighted by Gasteiger charge is -2.19. The predicted octanol–water partition coefficient (Wildman–Crippen LogP) is 3.18. The van der Waals surface area contributed by atoms with Crippen molar-refractivity contribution in [3.63, 3.8) is 0 Å². The monoisotopic (exact) mass is 233 g/mol. The Labute approximate surface area is 102 Å². The average Bonchev–Trinajstić information content (AvgIpc) is 2.19. The molecule has 17 heavy (non-hydrogen) atoms. The molecule has 0 saturated carbocycles. The molecule has 0 atom stereocenters. The van der Waals surface area contributed by atoms with Crippen LogP contribution in [-0.4, -0.2) is 11.7 Å². The van der Waals surface area contributed by atoms with Gasteiger partial charge in [-0.2, -0.15) is 0 Å². The van der Waals surface area contributed by atoms with Crippen molar-refractivity contribution >= 4 is 17.4 Å². The molecule has 0 aromatic heterocycles. The Morgan fingerprint density at radius 2 is 1.76 bits per heavy atom. The zero-order chi connectivity index (χ0) is 13.2. The molecule has 0 aliphatic rings. The van der Waals surface area contributed by atoms with E-state index in [1.54, 1.807) is 12.1 Å². The molecule has 92 valence electrons. The van der Waals surface area contributed by atoms with Gasteiger partial charge in [-0.25, -0.2) is 0 Å². The average molecular weight is 233 g/mol. The van der Waals surface area contributed by atoms with Gasteiger partial charge in [-0.3, -0.25) is 9.59 Å². The largest absolute Gasteiger partial charge is 0.325 e. The fourth-order valence-corrected chi connectivity index (χ4v) is 1.29. The number of aryl methyl sites for hydroxylation is 1. The summed E-state index contributed by atoms with van der Waals surface area (Å²) >= 11 is 0. The highest BCUT2D eigenvalue weighted by Crippen LogP contribution is 2.21. The van der Waals surface area contributed by atoms with E-state index in [-0.39, 0.29) is 11.7 Å². The van der Waals surface area contributed by atoms with E-state index in [0.717, 1.165) is 5.56 Å². The molecule has 0 saturated heterocycles. The van der Waals surface area contributed by atoms with Gasteiger partial charge in [-0.15, -0.1) is 0 Å². The van der Waals surface area contributed by atoms with Gasteiger partial charge in [0.05, 0.1) is 0 Å². The third-order valence-corrected chi connectivity index (χ3v) is 2.57. The minimum atomic E-state index is -0.446. The summed E-state index contributed by atoms with van der Waals surface area (Å²) in [5.74, 6) is -0.0578. The molecule has 1 aromatic carbocycles. The van der Waals surface area contributed by atoms with Crippen LogP contribution in [0.5, 0.6) is 0 Å². The quantitative estimate of drug-likeness (QED) is 0.797. The topological polar surface area (TPSA) is 46.2 Å². The fraction of sp³-hybridized carbons (Fsp3) is 0.429. The first kappa shape index (κ1) is 13.4. The molecule has 0 spiro atoms. The Kier molecular flexibility index (Phi) is 3.71. The molecular formula is C14H19NO2. The molecule has 0 unspecified atom stereocenters.